The standard InChI is InChI=1S/C13H26N2O2S/c1-11-4-3-5-12(8-11)15(2)13(9-14)6-7-18(16,17)10-13/h11-12H,3-10,14H2,1-2H3. The molecule has 1 saturated heterocycles. The Bertz CT molecular complexity index is 396. The fourth-order valence-corrected chi connectivity index (χ4v) is 5.74. The molecule has 1 aliphatic heterocycles. The third kappa shape index (κ3) is 2.73. The molecule has 2 N–H and O–H groups in total. The van der Waals surface area contributed by atoms with E-state index < -0.39 is 9.84 Å². The third-order valence-electron chi connectivity index (χ3n) is 4.95. The number of likely N-dealkylation sites (N-methyl/N-ethyl adjacent to an activating group) is 1. The summed E-state index contributed by atoms with van der Waals surface area (Å²) in [5, 5.41) is 0. The molecule has 2 aliphatic rings. The molecule has 1 heterocycles. The summed E-state index contributed by atoms with van der Waals surface area (Å²) in [6, 6.07) is 0.505. The largest absolute Gasteiger partial charge is 0.329 e. The van der Waals surface area contributed by atoms with E-state index in [9.17, 15) is 8.42 Å². The fourth-order valence-electron chi connectivity index (χ4n) is 3.62. The first kappa shape index (κ1) is 14.3. The van der Waals surface area contributed by atoms with E-state index in [0.717, 1.165) is 5.92 Å². The predicted octanol–water partition coefficient (Wildman–Crippen LogP) is 1.01. The van der Waals surface area contributed by atoms with Gasteiger partial charge in [-0.25, -0.2) is 8.42 Å². The summed E-state index contributed by atoms with van der Waals surface area (Å²) in [7, 11) is -0.805. The van der Waals surface area contributed by atoms with E-state index in [4.69, 9.17) is 5.73 Å². The van der Waals surface area contributed by atoms with Gasteiger partial charge in [0.1, 0.15) is 0 Å². The van der Waals surface area contributed by atoms with E-state index in [2.05, 4.69) is 18.9 Å². The molecular weight excluding hydrogens is 248 g/mol. The lowest BCUT2D eigenvalue weighted by molar-refractivity contribution is 0.0634. The molecule has 3 atom stereocenters. The van der Waals surface area contributed by atoms with Crippen molar-refractivity contribution < 1.29 is 8.42 Å². The maximum atomic E-state index is 11.8. The molecule has 5 heteroatoms. The van der Waals surface area contributed by atoms with Crippen LogP contribution in [0.1, 0.15) is 39.0 Å². The van der Waals surface area contributed by atoms with Gasteiger partial charge in [-0.15, -0.1) is 0 Å². The van der Waals surface area contributed by atoms with Crippen molar-refractivity contribution in [2.45, 2.75) is 50.6 Å². The summed E-state index contributed by atoms with van der Waals surface area (Å²) < 4.78 is 23.5. The normalized spacial score (nSPS) is 40.2. The number of nitrogens with zero attached hydrogens (tertiary/aromatic N) is 1. The predicted molar refractivity (Wildman–Crippen MR) is 74.2 cm³/mol. The minimum atomic E-state index is -2.88. The molecule has 0 spiro atoms. The Labute approximate surface area is 111 Å². The minimum Gasteiger partial charge on any atom is -0.329 e. The van der Waals surface area contributed by atoms with Crippen molar-refractivity contribution in [3.63, 3.8) is 0 Å². The molecule has 0 aromatic rings. The van der Waals surface area contributed by atoms with Gasteiger partial charge in [-0.2, -0.15) is 0 Å². The Balaban J connectivity index is 2.13. The minimum absolute atomic E-state index is 0.248. The number of nitrogens with two attached hydrogens (primary N) is 1. The lowest BCUT2D eigenvalue weighted by Gasteiger charge is -2.44. The summed E-state index contributed by atoms with van der Waals surface area (Å²) in [6.45, 7) is 2.74. The van der Waals surface area contributed by atoms with Crippen LogP contribution in [-0.4, -0.2) is 50.0 Å². The van der Waals surface area contributed by atoms with Crippen LogP contribution in [0.25, 0.3) is 0 Å². The van der Waals surface area contributed by atoms with Gasteiger partial charge in [0, 0.05) is 18.1 Å². The zero-order valence-electron chi connectivity index (χ0n) is 11.6. The first-order valence-corrected chi connectivity index (χ1v) is 8.84. The van der Waals surface area contributed by atoms with Gasteiger partial charge in [-0.3, -0.25) is 4.90 Å². The Morgan fingerprint density at radius 3 is 2.61 bits per heavy atom. The Morgan fingerprint density at radius 1 is 1.39 bits per heavy atom. The van der Waals surface area contributed by atoms with Crippen molar-refractivity contribution in [2.24, 2.45) is 11.7 Å². The van der Waals surface area contributed by atoms with E-state index in [1.807, 2.05) is 0 Å². The van der Waals surface area contributed by atoms with Crippen molar-refractivity contribution in [3.05, 3.63) is 0 Å². The highest BCUT2D eigenvalue weighted by Gasteiger charge is 2.46. The Hall–Kier alpha value is -0.130. The molecular formula is C13H26N2O2S. The van der Waals surface area contributed by atoms with Crippen LogP contribution in [0, 0.1) is 5.92 Å². The smallest absolute Gasteiger partial charge is 0.152 e. The Kier molecular flexibility index (Phi) is 4.04. The van der Waals surface area contributed by atoms with Crippen molar-refractivity contribution >= 4 is 9.84 Å². The molecule has 0 aromatic carbocycles. The average Bonchev–Trinajstić information content (AvgIpc) is 2.65. The molecule has 0 radical (unpaired) electrons. The summed E-state index contributed by atoms with van der Waals surface area (Å²) >= 11 is 0. The summed E-state index contributed by atoms with van der Waals surface area (Å²) in [4.78, 5) is 2.30. The highest BCUT2D eigenvalue weighted by Crippen LogP contribution is 2.35. The molecule has 0 aromatic heterocycles. The third-order valence-corrected chi connectivity index (χ3v) is 6.75. The lowest BCUT2D eigenvalue weighted by Crippen LogP contribution is -2.57. The van der Waals surface area contributed by atoms with Crippen molar-refractivity contribution in [3.8, 4) is 0 Å². The number of hydrogen-bond donors (Lipinski definition) is 1. The van der Waals surface area contributed by atoms with Crippen LogP contribution < -0.4 is 5.73 Å². The molecule has 0 bridgehead atoms. The average molecular weight is 274 g/mol. The van der Waals surface area contributed by atoms with Crippen LogP contribution in [0.3, 0.4) is 0 Å². The molecule has 18 heavy (non-hydrogen) atoms. The second-order valence-electron chi connectivity index (χ2n) is 6.31. The van der Waals surface area contributed by atoms with E-state index >= 15 is 0 Å². The van der Waals surface area contributed by atoms with Crippen molar-refractivity contribution in [2.75, 3.05) is 25.1 Å². The lowest BCUT2D eigenvalue weighted by atomic mass is 9.83. The summed E-state index contributed by atoms with van der Waals surface area (Å²) in [6.07, 6.45) is 5.62. The fraction of sp³-hybridized carbons (Fsp3) is 1.00. The molecule has 3 unspecified atom stereocenters. The highest BCUT2D eigenvalue weighted by molar-refractivity contribution is 7.91. The highest BCUT2D eigenvalue weighted by atomic mass is 32.2. The SMILES string of the molecule is CC1CCCC(N(C)C2(CN)CCS(=O)(=O)C2)C1. The summed E-state index contributed by atoms with van der Waals surface area (Å²) in [5.41, 5.74) is 5.62. The van der Waals surface area contributed by atoms with Gasteiger partial charge in [0.15, 0.2) is 9.84 Å². The number of sulfone groups is 1. The molecule has 2 fully saturated rings. The second-order valence-corrected chi connectivity index (χ2v) is 8.49. The van der Waals surface area contributed by atoms with Crippen LogP contribution in [0.15, 0.2) is 0 Å². The van der Waals surface area contributed by atoms with Gasteiger partial charge in [-0.05, 0) is 32.2 Å². The number of rotatable bonds is 3. The topological polar surface area (TPSA) is 63.4 Å². The molecule has 4 nitrogen and oxygen atoms in total. The quantitative estimate of drug-likeness (QED) is 0.834. The zero-order chi connectivity index (χ0) is 13.4. The van der Waals surface area contributed by atoms with Crippen LogP contribution in [0.2, 0.25) is 0 Å². The molecule has 0 amide bonds. The van der Waals surface area contributed by atoms with Crippen LogP contribution in [0.5, 0.6) is 0 Å². The maximum absolute atomic E-state index is 11.8. The van der Waals surface area contributed by atoms with Crippen LogP contribution in [-0.2, 0) is 9.84 Å². The molecule has 106 valence electrons. The molecule has 1 saturated carbocycles. The monoisotopic (exact) mass is 274 g/mol. The van der Waals surface area contributed by atoms with E-state index in [1.165, 1.54) is 25.7 Å². The van der Waals surface area contributed by atoms with Gasteiger partial charge in [0.2, 0.25) is 0 Å². The second kappa shape index (κ2) is 5.10. The van der Waals surface area contributed by atoms with E-state index in [1.54, 1.807) is 0 Å². The van der Waals surface area contributed by atoms with Gasteiger partial charge < -0.3 is 5.73 Å². The zero-order valence-corrected chi connectivity index (χ0v) is 12.4. The number of hydrogen-bond acceptors (Lipinski definition) is 4. The van der Waals surface area contributed by atoms with Crippen molar-refractivity contribution in [1.82, 2.24) is 4.90 Å². The van der Waals surface area contributed by atoms with Gasteiger partial charge in [0.05, 0.1) is 11.5 Å². The van der Waals surface area contributed by atoms with Crippen molar-refractivity contribution in [1.29, 1.82) is 0 Å². The Morgan fingerprint density at radius 2 is 2.11 bits per heavy atom. The first-order chi connectivity index (χ1) is 8.38. The summed E-state index contributed by atoms with van der Waals surface area (Å²) in [5.74, 6) is 1.30. The van der Waals surface area contributed by atoms with Crippen LogP contribution >= 0.6 is 0 Å². The first-order valence-electron chi connectivity index (χ1n) is 7.02. The van der Waals surface area contributed by atoms with Gasteiger partial charge in [0.25, 0.3) is 0 Å². The van der Waals surface area contributed by atoms with E-state index in [0.29, 0.717) is 24.8 Å². The maximum Gasteiger partial charge on any atom is 0.152 e. The van der Waals surface area contributed by atoms with Crippen LogP contribution in [0.4, 0.5) is 0 Å². The van der Waals surface area contributed by atoms with Gasteiger partial charge >= 0.3 is 0 Å². The molecule has 2 rings (SSSR count). The van der Waals surface area contributed by atoms with E-state index in [-0.39, 0.29) is 11.3 Å². The van der Waals surface area contributed by atoms with Gasteiger partial charge in [-0.1, -0.05) is 19.8 Å². The molecule has 1 aliphatic carbocycles.